The molecule has 0 amide bonds. The monoisotopic (exact) mass is 743 g/mol. The van der Waals surface area contributed by atoms with E-state index in [1.807, 2.05) is 6.08 Å². The second kappa shape index (κ2) is 13.9. The lowest BCUT2D eigenvalue weighted by atomic mass is 9.67. The minimum absolute atomic E-state index is 0.196. The van der Waals surface area contributed by atoms with E-state index in [0.29, 0.717) is 0 Å². The Labute approximate surface area is 342 Å². The molecule has 58 heavy (non-hydrogen) atoms. The first-order valence-corrected chi connectivity index (χ1v) is 20.3. The molecular formula is C57H45N. The zero-order valence-corrected chi connectivity index (χ0v) is 33.3. The van der Waals surface area contributed by atoms with Crippen LogP contribution in [0.25, 0.3) is 39.5 Å². The summed E-state index contributed by atoms with van der Waals surface area (Å²) in [6, 6.07) is 69.6. The van der Waals surface area contributed by atoms with Gasteiger partial charge in [-0.1, -0.05) is 196 Å². The van der Waals surface area contributed by atoms with Gasteiger partial charge in [-0.15, -0.1) is 0 Å². The van der Waals surface area contributed by atoms with E-state index in [4.69, 9.17) is 0 Å². The fourth-order valence-corrected chi connectivity index (χ4v) is 10.0. The summed E-state index contributed by atoms with van der Waals surface area (Å²) in [4.78, 5) is 2.55. The normalized spacial score (nSPS) is 14.1. The van der Waals surface area contributed by atoms with Gasteiger partial charge in [-0.2, -0.15) is 0 Å². The third-order valence-electron chi connectivity index (χ3n) is 12.7. The average molecular weight is 744 g/mol. The summed E-state index contributed by atoms with van der Waals surface area (Å²) in [5.74, 6) is 0. The second-order valence-corrected chi connectivity index (χ2v) is 16.1. The molecule has 0 aromatic heterocycles. The van der Waals surface area contributed by atoms with Crippen LogP contribution in [0.3, 0.4) is 0 Å². The first kappa shape index (κ1) is 35.5. The molecule has 0 saturated carbocycles. The van der Waals surface area contributed by atoms with Crippen LogP contribution in [0.2, 0.25) is 0 Å². The predicted molar refractivity (Wildman–Crippen MR) is 245 cm³/mol. The molecule has 0 heterocycles. The Morgan fingerprint density at radius 3 is 1.74 bits per heavy atom. The molecule has 1 heteroatoms. The van der Waals surface area contributed by atoms with E-state index in [0.717, 1.165) is 11.4 Å². The summed E-state index contributed by atoms with van der Waals surface area (Å²) in [7, 11) is 0. The van der Waals surface area contributed by atoms with Crippen LogP contribution in [0.5, 0.6) is 0 Å². The Balaban J connectivity index is 1.33. The zero-order chi connectivity index (χ0) is 39.4. The lowest BCUT2D eigenvalue weighted by Crippen LogP contribution is -2.28. The number of hydrogen-bond acceptors (Lipinski definition) is 1. The highest BCUT2D eigenvalue weighted by Crippen LogP contribution is 2.59. The molecule has 8 aromatic carbocycles. The molecule has 0 atom stereocenters. The van der Waals surface area contributed by atoms with Crippen molar-refractivity contribution in [2.75, 3.05) is 4.90 Å². The van der Waals surface area contributed by atoms with Crippen molar-refractivity contribution in [1.82, 2.24) is 0 Å². The van der Waals surface area contributed by atoms with Crippen LogP contribution >= 0.6 is 0 Å². The Morgan fingerprint density at radius 2 is 1.05 bits per heavy atom. The van der Waals surface area contributed by atoms with Crippen LogP contribution in [0.15, 0.2) is 207 Å². The van der Waals surface area contributed by atoms with E-state index < -0.39 is 5.41 Å². The van der Waals surface area contributed by atoms with Gasteiger partial charge in [0.15, 0.2) is 0 Å². The number of anilines is 3. The van der Waals surface area contributed by atoms with Gasteiger partial charge < -0.3 is 4.90 Å². The molecule has 0 unspecified atom stereocenters. The van der Waals surface area contributed by atoms with Gasteiger partial charge in [-0.05, 0) is 110 Å². The molecule has 8 aromatic rings. The molecule has 0 bridgehead atoms. The summed E-state index contributed by atoms with van der Waals surface area (Å²) >= 11 is 0. The fourth-order valence-electron chi connectivity index (χ4n) is 10.0. The van der Waals surface area contributed by atoms with Crippen LogP contribution in [0.4, 0.5) is 17.1 Å². The van der Waals surface area contributed by atoms with Crippen LogP contribution in [0, 0.1) is 6.92 Å². The van der Waals surface area contributed by atoms with Gasteiger partial charge in [0.1, 0.15) is 0 Å². The maximum Gasteiger partial charge on any atom is 0.0714 e. The molecule has 278 valence electrons. The van der Waals surface area contributed by atoms with Gasteiger partial charge in [0.2, 0.25) is 0 Å². The molecule has 2 aliphatic rings. The Morgan fingerprint density at radius 1 is 0.483 bits per heavy atom. The van der Waals surface area contributed by atoms with E-state index in [2.05, 4.69) is 232 Å². The van der Waals surface area contributed by atoms with Crippen molar-refractivity contribution in [2.24, 2.45) is 0 Å². The summed E-state index contributed by atoms with van der Waals surface area (Å²) in [6.07, 6.45) is 6.16. The van der Waals surface area contributed by atoms with Crippen molar-refractivity contribution in [3.8, 4) is 33.4 Å². The average Bonchev–Trinajstić information content (AvgIpc) is 3.70. The van der Waals surface area contributed by atoms with E-state index in [1.54, 1.807) is 0 Å². The third kappa shape index (κ3) is 5.31. The minimum Gasteiger partial charge on any atom is -0.310 e. The highest BCUT2D eigenvalue weighted by atomic mass is 15.1. The molecule has 10 rings (SSSR count). The SMILES string of the molecule is C=C/C=C\c1cc2c(c(N(c3cccc(-c4ccccc4)c3)c3ccc4c(c3)C(c3ccccc3)(c3ccccc3)c3ccccc3-4)c1C)-c1ccccc1C2(C)C. The van der Waals surface area contributed by atoms with Crippen LogP contribution < -0.4 is 4.90 Å². The maximum absolute atomic E-state index is 4.05. The summed E-state index contributed by atoms with van der Waals surface area (Å²) in [5, 5.41) is 0. The summed E-state index contributed by atoms with van der Waals surface area (Å²) < 4.78 is 0. The van der Waals surface area contributed by atoms with Crippen LogP contribution in [0.1, 0.15) is 58.4 Å². The second-order valence-electron chi connectivity index (χ2n) is 16.1. The number of hydrogen-bond donors (Lipinski definition) is 0. The molecule has 0 spiro atoms. The topological polar surface area (TPSA) is 3.24 Å². The molecule has 0 N–H and O–H groups in total. The number of benzene rings is 8. The molecular weight excluding hydrogens is 699 g/mol. The maximum atomic E-state index is 4.05. The highest BCUT2D eigenvalue weighted by molar-refractivity contribution is 5.99. The predicted octanol–water partition coefficient (Wildman–Crippen LogP) is 15.0. The van der Waals surface area contributed by atoms with Crippen LogP contribution in [-0.2, 0) is 10.8 Å². The van der Waals surface area contributed by atoms with E-state index in [9.17, 15) is 0 Å². The van der Waals surface area contributed by atoms with Crippen molar-refractivity contribution < 1.29 is 0 Å². The summed E-state index contributed by atoms with van der Waals surface area (Å²) in [6.45, 7) is 11.1. The fraction of sp³-hybridized carbons (Fsp3) is 0.0877. The Kier molecular flexibility index (Phi) is 8.50. The van der Waals surface area contributed by atoms with Gasteiger partial charge in [0, 0.05) is 22.4 Å². The van der Waals surface area contributed by atoms with E-state index >= 15 is 0 Å². The first-order chi connectivity index (χ1) is 28.4. The largest absolute Gasteiger partial charge is 0.310 e. The number of rotatable bonds is 8. The molecule has 1 nitrogen and oxygen atoms in total. The number of nitrogens with zero attached hydrogens (tertiary/aromatic N) is 1. The standard InChI is InChI=1S/C57H45N/c1-5-6-21-41-37-53-54(49-31-17-18-32-50(49)56(53,3)4)55(39(41)2)58(45-29-20-24-42(36-45)40-22-10-7-11-23-40)46-34-35-48-47-30-16-19-33-51(47)57(52(48)38-46,43-25-12-8-13-26-43)44-27-14-9-15-28-44/h5-38H,1H2,2-4H3/b21-6-. The van der Waals surface area contributed by atoms with Crippen molar-refractivity contribution in [3.63, 3.8) is 0 Å². The third-order valence-corrected chi connectivity index (χ3v) is 12.7. The van der Waals surface area contributed by atoms with Crippen molar-refractivity contribution >= 4 is 23.1 Å². The van der Waals surface area contributed by atoms with Gasteiger partial charge in [0.25, 0.3) is 0 Å². The van der Waals surface area contributed by atoms with Crippen LogP contribution in [-0.4, -0.2) is 0 Å². The first-order valence-electron chi connectivity index (χ1n) is 20.3. The van der Waals surface area contributed by atoms with Gasteiger partial charge in [-0.3, -0.25) is 0 Å². The van der Waals surface area contributed by atoms with Crippen molar-refractivity contribution in [2.45, 2.75) is 31.6 Å². The molecule has 0 fully saturated rings. The van der Waals surface area contributed by atoms with Gasteiger partial charge in [0.05, 0.1) is 11.1 Å². The number of allylic oxidation sites excluding steroid dienone is 2. The molecule has 0 radical (unpaired) electrons. The van der Waals surface area contributed by atoms with E-state index in [-0.39, 0.29) is 5.41 Å². The highest BCUT2D eigenvalue weighted by Gasteiger charge is 2.47. The number of fused-ring (bicyclic) bond motifs is 6. The molecule has 2 aliphatic carbocycles. The van der Waals surface area contributed by atoms with Crippen molar-refractivity contribution in [3.05, 3.63) is 251 Å². The van der Waals surface area contributed by atoms with Crippen molar-refractivity contribution in [1.29, 1.82) is 0 Å². The Hall–Kier alpha value is -6.96. The molecule has 0 aliphatic heterocycles. The molecule has 0 saturated heterocycles. The van der Waals surface area contributed by atoms with E-state index in [1.165, 1.54) is 83.6 Å². The quantitative estimate of drug-likeness (QED) is 0.140. The van der Waals surface area contributed by atoms with Gasteiger partial charge >= 0.3 is 0 Å². The Bertz CT molecular complexity index is 2840. The zero-order valence-electron chi connectivity index (χ0n) is 33.3. The smallest absolute Gasteiger partial charge is 0.0714 e. The summed E-state index contributed by atoms with van der Waals surface area (Å²) in [5.41, 5.74) is 20.4. The lowest BCUT2D eigenvalue weighted by Gasteiger charge is -2.35. The van der Waals surface area contributed by atoms with Gasteiger partial charge in [-0.25, -0.2) is 0 Å². The lowest BCUT2D eigenvalue weighted by molar-refractivity contribution is 0.660. The minimum atomic E-state index is -0.526.